The van der Waals surface area contributed by atoms with Crippen LogP contribution in [0.5, 0.6) is 0 Å². The van der Waals surface area contributed by atoms with Gasteiger partial charge < -0.3 is 4.98 Å². The summed E-state index contributed by atoms with van der Waals surface area (Å²) >= 11 is 0. The van der Waals surface area contributed by atoms with E-state index < -0.39 is 11.6 Å². The molecule has 2 saturated carbocycles. The van der Waals surface area contributed by atoms with Gasteiger partial charge in [0.05, 0.1) is 11.0 Å². The molecule has 2 bridgehead atoms. The minimum atomic E-state index is -0.828. The summed E-state index contributed by atoms with van der Waals surface area (Å²) in [7, 11) is 0. The number of imidazole rings is 1. The van der Waals surface area contributed by atoms with Gasteiger partial charge in [0.1, 0.15) is 5.82 Å². The monoisotopic (exact) mass is 262 g/mol. The number of aromatic nitrogens is 2. The van der Waals surface area contributed by atoms with Crippen molar-refractivity contribution in [3.63, 3.8) is 0 Å². The molecule has 0 spiro atoms. The van der Waals surface area contributed by atoms with Crippen molar-refractivity contribution < 1.29 is 8.78 Å². The predicted molar refractivity (Wildman–Crippen MR) is 68.7 cm³/mol. The van der Waals surface area contributed by atoms with Gasteiger partial charge in [-0.1, -0.05) is 6.42 Å². The number of hydrogen-bond acceptors (Lipinski definition) is 1. The van der Waals surface area contributed by atoms with E-state index in [1.54, 1.807) is 0 Å². The Hall–Kier alpha value is -1.45. The fraction of sp³-hybridized carbons (Fsp3) is 0.533. The van der Waals surface area contributed by atoms with E-state index in [4.69, 9.17) is 0 Å². The summed E-state index contributed by atoms with van der Waals surface area (Å²) in [6.45, 7) is 0. The third-order valence-corrected chi connectivity index (χ3v) is 4.91. The van der Waals surface area contributed by atoms with Gasteiger partial charge in [-0.3, -0.25) is 0 Å². The van der Waals surface area contributed by atoms with E-state index in [1.165, 1.54) is 37.8 Å². The maximum Gasteiger partial charge on any atom is 0.161 e. The Morgan fingerprint density at radius 2 is 2.00 bits per heavy atom. The molecule has 0 saturated heterocycles. The lowest BCUT2D eigenvalue weighted by Gasteiger charge is -2.20. The molecular formula is C15H16F2N2. The van der Waals surface area contributed by atoms with Crippen molar-refractivity contribution in [1.29, 1.82) is 0 Å². The van der Waals surface area contributed by atoms with E-state index in [0.29, 0.717) is 17.0 Å². The van der Waals surface area contributed by atoms with Crippen LogP contribution < -0.4 is 0 Å². The molecule has 4 heteroatoms. The topological polar surface area (TPSA) is 28.7 Å². The molecule has 1 heterocycles. The maximum absolute atomic E-state index is 13.2. The van der Waals surface area contributed by atoms with Crippen LogP contribution in [0.2, 0.25) is 0 Å². The number of aromatic amines is 1. The molecule has 0 aliphatic heterocycles. The Morgan fingerprint density at radius 3 is 2.74 bits per heavy atom. The Bertz CT molecular complexity index is 595. The van der Waals surface area contributed by atoms with Crippen LogP contribution in [0.15, 0.2) is 12.1 Å². The zero-order valence-electron chi connectivity index (χ0n) is 10.6. The minimum Gasteiger partial charge on any atom is -0.342 e. The Labute approximate surface area is 110 Å². The maximum atomic E-state index is 13.2. The first kappa shape index (κ1) is 11.4. The number of nitrogens with one attached hydrogen (secondary N) is 1. The molecule has 4 rings (SSSR count). The van der Waals surface area contributed by atoms with Crippen molar-refractivity contribution in [2.45, 2.75) is 32.1 Å². The van der Waals surface area contributed by atoms with Crippen LogP contribution in [0.4, 0.5) is 8.78 Å². The van der Waals surface area contributed by atoms with Crippen molar-refractivity contribution in [3.05, 3.63) is 29.6 Å². The Morgan fingerprint density at radius 1 is 1.16 bits per heavy atom. The second kappa shape index (κ2) is 4.02. The summed E-state index contributed by atoms with van der Waals surface area (Å²) in [5.41, 5.74) is 1.12. The lowest BCUT2D eigenvalue weighted by molar-refractivity contribution is 0.327. The zero-order chi connectivity index (χ0) is 13.0. The van der Waals surface area contributed by atoms with Crippen LogP contribution in [-0.2, 0) is 6.42 Å². The quantitative estimate of drug-likeness (QED) is 0.875. The van der Waals surface area contributed by atoms with Crippen LogP contribution in [0, 0.1) is 29.4 Å². The minimum absolute atomic E-state index is 0.525. The van der Waals surface area contributed by atoms with Gasteiger partial charge in [0, 0.05) is 18.6 Å². The van der Waals surface area contributed by atoms with Crippen LogP contribution >= 0.6 is 0 Å². The molecule has 3 unspecified atom stereocenters. The third kappa shape index (κ3) is 1.85. The van der Waals surface area contributed by atoms with Gasteiger partial charge in [0.15, 0.2) is 11.6 Å². The van der Waals surface area contributed by atoms with Crippen molar-refractivity contribution in [3.8, 4) is 0 Å². The number of fused-ring (bicyclic) bond motifs is 3. The molecule has 1 aromatic carbocycles. The molecule has 2 aliphatic rings. The summed E-state index contributed by atoms with van der Waals surface area (Å²) in [5, 5.41) is 0. The molecular weight excluding hydrogens is 246 g/mol. The molecule has 2 aliphatic carbocycles. The second-order valence-electron chi connectivity index (χ2n) is 6.11. The molecule has 0 amide bonds. The molecule has 2 nitrogen and oxygen atoms in total. The molecule has 100 valence electrons. The first-order valence-electron chi connectivity index (χ1n) is 7.02. The van der Waals surface area contributed by atoms with Crippen molar-refractivity contribution >= 4 is 11.0 Å². The van der Waals surface area contributed by atoms with Gasteiger partial charge in [-0.05, 0) is 37.0 Å². The standard InChI is InChI=1S/C15H16F2N2/c16-11-6-13-14(7-12(11)17)19-15(18-13)5-10-4-8-1-2-9(10)3-8/h6-10H,1-5H2,(H,18,19). The second-order valence-corrected chi connectivity index (χ2v) is 6.11. The molecule has 1 N–H and O–H groups in total. The van der Waals surface area contributed by atoms with Crippen molar-refractivity contribution in [2.75, 3.05) is 0 Å². The number of hydrogen-bond donors (Lipinski definition) is 1. The fourth-order valence-corrected chi connectivity index (χ4v) is 4.03. The van der Waals surface area contributed by atoms with E-state index in [9.17, 15) is 8.78 Å². The Kier molecular flexibility index (Phi) is 2.41. The van der Waals surface area contributed by atoms with Gasteiger partial charge in [-0.2, -0.15) is 0 Å². The number of nitrogens with zero attached hydrogens (tertiary/aromatic N) is 1. The SMILES string of the molecule is Fc1cc2nc(CC3CC4CCC3C4)[nH]c2cc1F. The summed E-state index contributed by atoms with van der Waals surface area (Å²) in [6.07, 6.45) is 6.31. The average Bonchev–Trinajstić information content (AvgIpc) is 3.05. The fourth-order valence-electron chi connectivity index (χ4n) is 4.03. The van der Waals surface area contributed by atoms with E-state index in [-0.39, 0.29) is 0 Å². The van der Waals surface area contributed by atoms with Crippen molar-refractivity contribution in [2.24, 2.45) is 17.8 Å². The van der Waals surface area contributed by atoms with Gasteiger partial charge in [-0.25, -0.2) is 13.8 Å². The van der Waals surface area contributed by atoms with Crippen LogP contribution in [0.1, 0.15) is 31.5 Å². The normalized spacial score (nSPS) is 29.5. The molecule has 19 heavy (non-hydrogen) atoms. The van der Waals surface area contributed by atoms with Crippen LogP contribution in [0.3, 0.4) is 0 Å². The summed E-state index contributed by atoms with van der Waals surface area (Å²) in [6, 6.07) is 2.37. The lowest BCUT2D eigenvalue weighted by Crippen LogP contribution is -2.13. The van der Waals surface area contributed by atoms with Gasteiger partial charge in [0.25, 0.3) is 0 Å². The van der Waals surface area contributed by atoms with Crippen LogP contribution in [-0.4, -0.2) is 9.97 Å². The van der Waals surface area contributed by atoms with Gasteiger partial charge >= 0.3 is 0 Å². The molecule has 2 aromatic rings. The van der Waals surface area contributed by atoms with E-state index in [2.05, 4.69) is 9.97 Å². The first-order valence-corrected chi connectivity index (χ1v) is 7.02. The summed E-state index contributed by atoms with van der Waals surface area (Å²) in [4.78, 5) is 7.53. The number of rotatable bonds is 2. The first-order chi connectivity index (χ1) is 9.19. The summed E-state index contributed by atoms with van der Waals surface area (Å²) in [5.74, 6) is 1.68. The average molecular weight is 262 g/mol. The molecule has 2 fully saturated rings. The lowest BCUT2D eigenvalue weighted by atomic mass is 9.86. The molecule has 0 radical (unpaired) electrons. The van der Waals surface area contributed by atoms with Gasteiger partial charge in [-0.15, -0.1) is 0 Å². The zero-order valence-corrected chi connectivity index (χ0v) is 10.6. The van der Waals surface area contributed by atoms with Crippen LogP contribution in [0.25, 0.3) is 11.0 Å². The highest BCUT2D eigenvalue weighted by molar-refractivity contribution is 5.75. The van der Waals surface area contributed by atoms with Gasteiger partial charge in [0.2, 0.25) is 0 Å². The highest BCUT2D eigenvalue weighted by Crippen LogP contribution is 2.49. The highest BCUT2D eigenvalue weighted by Gasteiger charge is 2.39. The van der Waals surface area contributed by atoms with Crippen molar-refractivity contribution in [1.82, 2.24) is 9.97 Å². The highest BCUT2D eigenvalue weighted by atomic mass is 19.2. The summed E-state index contributed by atoms with van der Waals surface area (Å²) < 4.78 is 26.3. The number of H-pyrrole nitrogens is 1. The van der Waals surface area contributed by atoms with E-state index >= 15 is 0 Å². The largest absolute Gasteiger partial charge is 0.342 e. The predicted octanol–water partition coefficient (Wildman–Crippen LogP) is 3.82. The smallest absolute Gasteiger partial charge is 0.161 e. The third-order valence-electron chi connectivity index (χ3n) is 4.91. The number of benzene rings is 1. The molecule has 3 atom stereocenters. The number of halogens is 2. The molecule has 1 aromatic heterocycles. The van der Waals surface area contributed by atoms with E-state index in [0.717, 1.165) is 24.1 Å². The van der Waals surface area contributed by atoms with E-state index in [1.807, 2.05) is 0 Å². The Balaban J connectivity index is 1.61.